The number of rotatable bonds is 10. The van der Waals surface area contributed by atoms with Crippen LogP contribution < -0.4 is 26.5 Å². The fourth-order valence-corrected chi connectivity index (χ4v) is 3.73. The maximum atomic E-state index is 13.2. The summed E-state index contributed by atoms with van der Waals surface area (Å²) in [5.74, 6) is 0.944. The van der Waals surface area contributed by atoms with Crippen molar-refractivity contribution in [2.45, 2.75) is 45.3 Å². The molecule has 0 atom stereocenters. The molecule has 1 saturated carbocycles. The van der Waals surface area contributed by atoms with Crippen LogP contribution in [0.15, 0.2) is 27.8 Å². The second-order valence-corrected chi connectivity index (χ2v) is 7.80. The smallest absolute Gasteiger partial charge is 0.332 e. The van der Waals surface area contributed by atoms with Gasteiger partial charge in [-0.05, 0) is 37.5 Å². The molecule has 9 heteroatoms. The molecule has 2 aromatic rings. The van der Waals surface area contributed by atoms with Crippen LogP contribution in [0.1, 0.15) is 42.1 Å². The van der Waals surface area contributed by atoms with Crippen LogP contribution in [0.3, 0.4) is 0 Å². The van der Waals surface area contributed by atoms with E-state index in [4.69, 9.17) is 15.2 Å². The molecular formula is C22H30N4O5. The van der Waals surface area contributed by atoms with Crippen molar-refractivity contribution in [1.29, 1.82) is 0 Å². The minimum atomic E-state index is -0.658. The van der Waals surface area contributed by atoms with E-state index >= 15 is 0 Å². The van der Waals surface area contributed by atoms with E-state index in [2.05, 4.69) is 0 Å². The van der Waals surface area contributed by atoms with Crippen LogP contribution in [0.5, 0.6) is 11.5 Å². The number of methoxy groups -OCH3 is 2. The quantitative estimate of drug-likeness (QED) is 0.568. The van der Waals surface area contributed by atoms with Gasteiger partial charge < -0.3 is 15.2 Å². The van der Waals surface area contributed by atoms with Gasteiger partial charge in [0.2, 0.25) is 0 Å². The average Bonchev–Trinajstić information content (AvgIpc) is 3.60. The number of ketones is 1. The number of nitrogen functional groups attached to an aromatic ring is 1. The predicted molar refractivity (Wildman–Crippen MR) is 118 cm³/mol. The van der Waals surface area contributed by atoms with E-state index < -0.39 is 17.0 Å². The summed E-state index contributed by atoms with van der Waals surface area (Å²) in [4.78, 5) is 40.3. The van der Waals surface area contributed by atoms with E-state index in [0.717, 1.165) is 23.0 Å². The maximum absolute atomic E-state index is 13.2. The Balaban J connectivity index is 1.93. The monoisotopic (exact) mass is 430 g/mol. The van der Waals surface area contributed by atoms with Crippen molar-refractivity contribution in [3.63, 3.8) is 0 Å². The molecule has 2 N–H and O–H groups in total. The molecule has 0 spiro atoms. The second kappa shape index (κ2) is 9.38. The third kappa shape index (κ3) is 4.66. The van der Waals surface area contributed by atoms with Gasteiger partial charge in [0.25, 0.3) is 5.56 Å². The summed E-state index contributed by atoms with van der Waals surface area (Å²) in [5, 5.41) is 0. The Hall–Kier alpha value is -3.07. The van der Waals surface area contributed by atoms with Gasteiger partial charge in [0, 0.05) is 31.7 Å². The van der Waals surface area contributed by atoms with Gasteiger partial charge in [-0.1, -0.05) is 6.92 Å². The van der Waals surface area contributed by atoms with E-state index in [1.807, 2.05) is 30.0 Å². The molecule has 9 nitrogen and oxygen atoms in total. The zero-order valence-electron chi connectivity index (χ0n) is 18.5. The van der Waals surface area contributed by atoms with Crippen molar-refractivity contribution < 1.29 is 14.3 Å². The number of Topliss-reactive ketones (excluding diaryl/α,β-unsaturated/α-hetero) is 1. The minimum absolute atomic E-state index is 0.0226. The van der Waals surface area contributed by atoms with Crippen LogP contribution in [0.4, 0.5) is 5.82 Å². The molecule has 3 rings (SSSR count). The number of carbonyl (C=O) groups is 1. The van der Waals surface area contributed by atoms with Crippen molar-refractivity contribution in [3.05, 3.63) is 50.2 Å². The van der Waals surface area contributed by atoms with Gasteiger partial charge in [0.05, 0.1) is 20.8 Å². The number of nitrogens with zero attached hydrogens (tertiary/aromatic N) is 3. The number of aromatic nitrogens is 2. The van der Waals surface area contributed by atoms with Gasteiger partial charge in [0.1, 0.15) is 22.9 Å². The van der Waals surface area contributed by atoms with E-state index in [1.54, 1.807) is 14.2 Å². The van der Waals surface area contributed by atoms with E-state index in [9.17, 15) is 14.4 Å². The Bertz CT molecular complexity index is 1080. The summed E-state index contributed by atoms with van der Waals surface area (Å²) in [7, 11) is 4.56. The first kappa shape index (κ1) is 22.6. The van der Waals surface area contributed by atoms with Gasteiger partial charge in [-0.15, -0.1) is 0 Å². The van der Waals surface area contributed by atoms with Gasteiger partial charge in [-0.25, -0.2) is 4.79 Å². The number of anilines is 1. The fourth-order valence-electron chi connectivity index (χ4n) is 3.73. The molecule has 0 aliphatic heterocycles. The van der Waals surface area contributed by atoms with Crippen molar-refractivity contribution in [2.75, 3.05) is 26.5 Å². The first-order valence-electron chi connectivity index (χ1n) is 10.4. The lowest BCUT2D eigenvalue weighted by molar-refractivity contribution is 0.0916. The first-order chi connectivity index (χ1) is 14.8. The lowest BCUT2D eigenvalue weighted by atomic mass is 10.1. The Morgan fingerprint density at radius 2 is 1.94 bits per heavy atom. The SMILES string of the molecule is CCCn1c(N)c(C(=O)CN(Cc2cc(OC)ccc2OC)C2CC2)c(=O)n(C)c1=O. The van der Waals surface area contributed by atoms with Crippen LogP contribution in [-0.4, -0.2) is 46.6 Å². The van der Waals surface area contributed by atoms with E-state index in [-0.39, 0.29) is 24.0 Å². The van der Waals surface area contributed by atoms with Crippen LogP contribution >= 0.6 is 0 Å². The molecule has 0 unspecified atom stereocenters. The summed E-state index contributed by atoms with van der Waals surface area (Å²) >= 11 is 0. The average molecular weight is 431 g/mol. The highest BCUT2D eigenvalue weighted by molar-refractivity contribution is 6.01. The molecule has 1 aromatic heterocycles. The van der Waals surface area contributed by atoms with Crippen LogP contribution in [0.25, 0.3) is 0 Å². The fraction of sp³-hybridized carbons (Fsp3) is 0.500. The largest absolute Gasteiger partial charge is 0.497 e. The lowest BCUT2D eigenvalue weighted by Gasteiger charge is -2.23. The first-order valence-corrected chi connectivity index (χ1v) is 10.4. The number of hydrogen-bond donors (Lipinski definition) is 1. The Morgan fingerprint density at radius 1 is 1.23 bits per heavy atom. The van der Waals surface area contributed by atoms with Crippen molar-refractivity contribution >= 4 is 11.6 Å². The highest BCUT2D eigenvalue weighted by atomic mass is 16.5. The molecule has 1 aromatic carbocycles. The molecule has 0 saturated heterocycles. The van der Waals surface area contributed by atoms with E-state index in [0.29, 0.717) is 31.0 Å². The van der Waals surface area contributed by atoms with Gasteiger partial charge in [-0.3, -0.25) is 23.6 Å². The normalized spacial score (nSPS) is 13.5. The molecular weight excluding hydrogens is 400 g/mol. The van der Waals surface area contributed by atoms with Crippen LogP contribution in [0, 0.1) is 0 Å². The molecule has 31 heavy (non-hydrogen) atoms. The number of nitrogens with two attached hydrogens (primary N) is 1. The summed E-state index contributed by atoms with van der Waals surface area (Å²) in [5.41, 5.74) is 5.71. The molecule has 0 bridgehead atoms. The topological polar surface area (TPSA) is 109 Å². The van der Waals surface area contributed by atoms with Crippen LogP contribution in [0.2, 0.25) is 0 Å². The zero-order chi connectivity index (χ0) is 22.7. The third-order valence-corrected chi connectivity index (χ3v) is 5.58. The second-order valence-electron chi connectivity index (χ2n) is 7.80. The van der Waals surface area contributed by atoms with Gasteiger partial charge in [0.15, 0.2) is 5.78 Å². The number of carbonyl (C=O) groups excluding carboxylic acids is 1. The molecule has 168 valence electrons. The Labute approximate surface area is 181 Å². The minimum Gasteiger partial charge on any atom is -0.497 e. The van der Waals surface area contributed by atoms with Gasteiger partial charge >= 0.3 is 5.69 Å². The highest BCUT2D eigenvalue weighted by Crippen LogP contribution is 2.32. The van der Waals surface area contributed by atoms with Gasteiger partial charge in [-0.2, -0.15) is 0 Å². The summed E-state index contributed by atoms with van der Waals surface area (Å²) in [6.07, 6.45) is 2.60. The van der Waals surface area contributed by atoms with Crippen molar-refractivity contribution in [3.8, 4) is 11.5 Å². The number of hydrogen-bond acceptors (Lipinski definition) is 7. The van der Waals surface area contributed by atoms with Crippen molar-refractivity contribution in [1.82, 2.24) is 14.0 Å². The standard InChI is InChI=1S/C22H30N4O5/c1-5-10-26-20(23)19(21(28)24(2)22(26)29)17(27)13-25(15-6-7-15)12-14-11-16(30-3)8-9-18(14)31-4/h8-9,11,15H,5-7,10,12-13,23H2,1-4H3. The molecule has 1 fully saturated rings. The summed E-state index contributed by atoms with van der Waals surface area (Å²) in [6, 6.07) is 5.77. The molecule has 1 heterocycles. The molecule has 0 amide bonds. The molecule has 0 radical (unpaired) electrons. The van der Waals surface area contributed by atoms with Crippen LogP contribution in [-0.2, 0) is 20.1 Å². The highest BCUT2D eigenvalue weighted by Gasteiger charge is 2.33. The number of benzene rings is 1. The number of ether oxygens (including phenoxy) is 2. The van der Waals surface area contributed by atoms with Crippen molar-refractivity contribution in [2.24, 2.45) is 7.05 Å². The molecule has 1 aliphatic carbocycles. The zero-order valence-corrected chi connectivity index (χ0v) is 18.5. The third-order valence-electron chi connectivity index (χ3n) is 5.58. The molecule has 1 aliphatic rings. The van der Waals surface area contributed by atoms with E-state index in [1.165, 1.54) is 11.6 Å². The lowest BCUT2D eigenvalue weighted by Crippen LogP contribution is -2.44. The summed E-state index contributed by atoms with van der Waals surface area (Å²) in [6.45, 7) is 2.72. The predicted octanol–water partition coefficient (Wildman–Crippen LogP) is 1.40. The Kier molecular flexibility index (Phi) is 6.84. The Morgan fingerprint density at radius 3 is 2.52 bits per heavy atom. The maximum Gasteiger partial charge on any atom is 0.332 e. The summed E-state index contributed by atoms with van der Waals surface area (Å²) < 4.78 is 13.0.